The Hall–Kier alpha value is -4.14. The van der Waals surface area contributed by atoms with Gasteiger partial charge in [-0.25, -0.2) is 15.0 Å². The van der Waals surface area contributed by atoms with Crippen LogP contribution in [0, 0.1) is 0 Å². The predicted molar refractivity (Wildman–Crippen MR) is 174 cm³/mol. The van der Waals surface area contributed by atoms with Crippen LogP contribution in [0.25, 0.3) is 0 Å². The first kappa shape index (κ1) is 30.3. The van der Waals surface area contributed by atoms with Crippen LogP contribution in [-0.2, 0) is 6.42 Å². The molecule has 0 aromatic carbocycles. The van der Waals surface area contributed by atoms with Crippen LogP contribution in [0.3, 0.4) is 0 Å². The molecule has 1 aliphatic carbocycles. The summed E-state index contributed by atoms with van der Waals surface area (Å²) in [4.78, 5) is 29.8. The van der Waals surface area contributed by atoms with E-state index in [0.717, 1.165) is 92.0 Å². The fraction of sp³-hybridized carbons (Fsp3) is 0.471. The summed E-state index contributed by atoms with van der Waals surface area (Å²) in [5.74, 6) is 3.41. The van der Waals surface area contributed by atoms with Crippen molar-refractivity contribution in [2.75, 3.05) is 35.6 Å². The first-order chi connectivity index (χ1) is 21.2. The Kier molecular flexibility index (Phi) is 10.5. The smallest absolute Gasteiger partial charge is 0.224 e. The molecule has 4 atom stereocenters. The normalized spacial score (nSPS) is 19.4. The fourth-order valence-electron chi connectivity index (χ4n) is 6.03. The number of nitrogens with one attached hydrogen (secondary N) is 3. The van der Waals surface area contributed by atoms with Crippen molar-refractivity contribution in [2.45, 2.75) is 83.5 Å². The van der Waals surface area contributed by atoms with E-state index in [0.29, 0.717) is 5.95 Å². The minimum Gasteiger partial charge on any atom is -0.370 e. The third kappa shape index (κ3) is 7.09. The average molecular weight is 580 g/mol. The highest BCUT2D eigenvalue weighted by molar-refractivity contribution is 5.50. The zero-order chi connectivity index (χ0) is 30.0. The Balaban J connectivity index is 1.69. The topological polar surface area (TPSA) is 113 Å². The van der Waals surface area contributed by atoms with Crippen molar-refractivity contribution < 1.29 is 0 Å². The summed E-state index contributed by atoms with van der Waals surface area (Å²) in [5, 5.41) is 10.5. The number of aromatic nitrogens is 6. The standard InChI is InChI=1S/C34H45N9/c1-5-13-27-40-25(21-28(42-27)37-16-6-2)32-30(23-14-9-11-19-35-23)31(24-15-10-12-20-36-24)33(32)26-22-29(38-17-7-3)43-34(41-26)39-18-8-4/h9-12,14-15,19-22,30-33H,5-8,13,16-18H2,1-4H3,(H,37,40,42)(H2,38,39,41,43)/t30-,31-,32-,33-/m1/s1. The van der Waals surface area contributed by atoms with E-state index in [1.807, 2.05) is 24.5 Å². The molecule has 43 heavy (non-hydrogen) atoms. The summed E-state index contributed by atoms with van der Waals surface area (Å²) in [7, 11) is 0. The molecule has 0 spiro atoms. The third-order valence-corrected chi connectivity index (χ3v) is 7.95. The van der Waals surface area contributed by atoms with Gasteiger partial charge in [0.1, 0.15) is 17.5 Å². The van der Waals surface area contributed by atoms with E-state index in [1.165, 1.54) is 0 Å². The van der Waals surface area contributed by atoms with E-state index in [2.05, 4.69) is 80.0 Å². The van der Waals surface area contributed by atoms with Crippen molar-refractivity contribution in [3.8, 4) is 0 Å². The maximum atomic E-state index is 5.20. The zero-order valence-corrected chi connectivity index (χ0v) is 25.9. The van der Waals surface area contributed by atoms with Crippen molar-refractivity contribution in [1.82, 2.24) is 29.9 Å². The van der Waals surface area contributed by atoms with Gasteiger partial charge in [-0.1, -0.05) is 39.8 Å². The highest BCUT2D eigenvalue weighted by atomic mass is 15.1. The highest BCUT2D eigenvalue weighted by Crippen LogP contribution is 2.65. The molecule has 1 fully saturated rings. The minimum atomic E-state index is 0.0117. The summed E-state index contributed by atoms with van der Waals surface area (Å²) in [6, 6.07) is 16.6. The number of anilines is 3. The molecule has 1 saturated carbocycles. The molecule has 1 aliphatic rings. The largest absolute Gasteiger partial charge is 0.370 e. The van der Waals surface area contributed by atoms with Gasteiger partial charge in [0.15, 0.2) is 0 Å². The quantitative estimate of drug-likeness (QED) is 0.138. The lowest BCUT2D eigenvalue weighted by Crippen LogP contribution is -2.42. The number of hydrogen-bond acceptors (Lipinski definition) is 9. The molecular weight excluding hydrogens is 534 g/mol. The number of nitrogens with zero attached hydrogens (tertiary/aromatic N) is 6. The highest BCUT2D eigenvalue weighted by Gasteiger charge is 2.55. The monoisotopic (exact) mass is 579 g/mol. The van der Waals surface area contributed by atoms with E-state index in [-0.39, 0.29) is 23.7 Å². The number of aryl methyl sites for hydroxylation is 1. The number of pyridine rings is 2. The maximum absolute atomic E-state index is 5.20. The lowest BCUT2D eigenvalue weighted by molar-refractivity contribution is 0.211. The summed E-state index contributed by atoms with van der Waals surface area (Å²) < 4.78 is 0. The SMILES string of the molecule is CCCNc1cc([C@@H]2[C@H](c3ccccn3)[C@@H](c3ccccn3)[C@H]2c2cc(NCCC)nc(NCCC)n2)nc(CCC)n1. The molecule has 0 unspecified atom stereocenters. The van der Waals surface area contributed by atoms with Crippen molar-refractivity contribution in [1.29, 1.82) is 0 Å². The second kappa shape index (κ2) is 14.8. The molecule has 5 rings (SSSR count). The van der Waals surface area contributed by atoms with Crippen LogP contribution in [0.5, 0.6) is 0 Å². The zero-order valence-electron chi connectivity index (χ0n) is 25.9. The van der Waals surface area contributed by atoms with Crippen LogP contribution in [0.15, 0.2) is 60.9 Å². The Morgan fingerprint density at radius 2 is 1.05 bits per heavy atom. The van der Waals surface area contributed by atoms with E-state index >= 15 is 0 Å². The van der Waals surface area contributed by atoms with Gasteiger partial charge in [-0.2, -0.15) is 4.98 Å². The van der Waals surface area contributed by atoms with E-state index in [4.69, 9.17) is 29.9 Å². The first-order valence-corrected chi connectivity index (χ1v) is 16.0. The second-order valence-electron chi connectivity index (χ2n) is 11.2. The van der Waals surface area contributed by atoms with E-state index < -0.39 is 0 Å². The molecule has 0 bridgehead atoms. The van der Waals surface area contributed by atoms with Crippen LogP contribution in [-0.4, -0.2) is 49.5 Å². The van der Waals surface area contributed by atoms with Crippen molar-refractivity contribution in [2.24, 2.45) is 0 Å². The van der Waals surface area contributed by atoms with Gasteiger partial charge in [-0.3, -0.25) is 9.97 Å². The molecule has 4 aromatic heterocycles. The van der Waals surface area contributed by atoms with E-state index in [1.54, 1.807) is 0 Å². The Bertz CT molecular complexity index is 1400. The first-order valence-electron chi connectivity index (χ1n) is 16.0. The second-order valence-corrected chi connectivity index (χ2v) is 11.2. The molecule has 9 heteroatoms. The maximum Gasteiger partial charge on any atom is 0.224 e. The van der Waals surface area contributed by atoms with Crippen LogP contribution in [0.1, 0.15) is 106 Å². The van der Waals surface area contributed by atoms with Crippen LogP contribution < -0.4 is 16.0 Å². The van der Waals surface area contributed by atoms with E-state index in [9.17, 15) is 0 Å². The molecule has 0 amide bonds. The lowest BCUT2D eigenvalue weighted by Gasteiger charge is -2.51. The molecular formula is C34H45N9. The molecule has 0 radical (unpaired) electrons. The minimum absolute atomic E-state index is 0.0117. The predicted octanol–water partition coefficient (Wildman–Crippen LogP) is 6.92. The van der Waals surface area contributed by atoms with Gasteiger partial charge in [0, 0.05) is 85.6 Å². The third-order valence-electron chi connectivity index (χ3n) is 7.95. The Morgan fingerprint density at radius 3 is 1.56 bits per heavy atom. The van der Waals surface area contributed by atoms with Gasteiger partial charge in [0.05, 0.1) is 11.4 Å². The van der Waals surface area contributed by atoms with Gasteiger partial charge in [-0.05, 0) is 49.9 Å². The van der Waals surface area contributed by atoms with Gasteiger partial charge in [0.25, 0.3) is 0 Å². The van der Waals surface area contributed by atoms with Crippen molar-refractivity contribution in [3.63, 3.8) is 0 Å². The van der Waals surface area contributed by atoms with Crippen LogP contribution in [0.4, 0.5) is 17.6 Å². The number of hydrogen-bond donors (Lipinski definition) is 3. The molecule has 4 heterocycles. The molecule has 0 aliphatic heterocycles. The molecule has 226 valence electrons. The van der Waals surface area contributed by atoms with Crippen LogP contribution in [0.2, 0.25) is 0 Å². The fourth-order valence-corrected chi connectivity index (χ4v) is 6.03. The van der Waals surface area contributed by atoms with Gasteiger partial charge >= 0.3 is 0 Å². The van der Waals surface area contributed by atoms with Gasteiger partial charge in [0.2, 0.25) is 5.95 Å². The summed E-state index contributed by atoms with van der Waals surface area (Å²) >= 11 is 0. The summed E-state index contributed by atoms with van der Waals surface area (Å²) in [6.45, 7) is 11.2. The van der Waals surface area contributed by atoms with Gasteiger partial charge < -0.3 is 16.0 Å². The average Bonchev–Trinajstić information content (AvgIpc) is 3.02. The number of rotatable bonds is 15. The lowest BCUT2D eigenvalue weighted by atomic mass is 9.52. The molecule has 9 nitrogen and oxygen atoms in total. The van der Waals surface area contributed by atoms with Crippen molar-refractivity contribution >= 4 is 17.6 Å². The molecule has 0 saturated heterocycles. The Labute approximate surface area is 255 Å². The summed E-state index contributed by atoms with van der Waals surface area (Å²) in [6.07, 6.45) is 8.60. The Morgan fingerprint density at radius 1 is 0.535 bits per heavy atom. The molecule has 4 aromatic rings. The van der Waals surface area contributed by atoms with Crippen molar-refractivity contribution in [3.05, 3.63) is 89.5 Å². The van der Waals surface area contributed by atoms with Gasteiger partial charge in [-0.15, -0.1) is 0 Å². The summed E-state index contributed by atoms with van der Waals surface area (Å²) in [5.41, 5.74) is 4.09. The van der Waals surface area contributed by atoms with Crippen LogP contribution >= 0.6 is 0 Å². The molecule has 3 N–H and O–H groups in total.